The zero-order valence-electron chi connectivity index (χ0n) is 23.3. The molecule has 1 spiro atoms. The number of benzene rings is 1. The van der Waals surface area contributed by atoms with Crippen LogP contribution in [-0.2, 0) is 19.1 Å². The molecule has 3 saturated heterocycles. The van der Waals surface area contributed by atoms with Crippen LogP contribution < -0.4 is 10.6 Å². The van der Waals surface area contributed by atoms with Gasteiger partial charge in [0.15, 0.2) is 0 Å². The van der Waals surface area contributed by atoms with Crippen LogP contribution in [0.1, 0.15) is 64.7 Å². The Kier molecular flexibility index (Phi) is 8.07. The lowest BCUT2D eigenvalue weighted by atomic mass is 9.74. The minimum atomic E-state index is -1.12. The second kappa shape index (κ2) is 11.6. The summed E-state index contributed by atoms with van der Waals surface area (Å²) < 4.78 is 7.44. The van der Waals surface area contributed by atoms with E-state index in [4.69, 9.17) is 4.74 Å². The Labute approximate surface area is 245 Å². The molecule has 1 saturated carbocycles. The smallest absolute Gasteiger partial charge is 0.246 e. The first kappa shape index (κ1) is 27.9. The Morgan fingerprint density at radius 2 is 1.77 bits per heavy atom. The second-order valence-electron chi connectivity index (χ2n) is 12.2. The van der Waals surface area contributed by atoms with Gasteiger partial charge in [0.25, 0.3) is 0 Å². The van der Waals surface area contributed by atoms with E-state index in [9.17, 15) is 14.4 Å². The average Bonchev–Trinajstić information content (AvgIpc) is 3.61. The molecule has 1 aliphatic carbocycles. The molecule has 9 heteroatoms. The number of piperidine rings is 1. The first-order valence-corrected chi connectivity index (χ1v) is 16.0. The maximum absolute atomic E-state index is 14.2. The van der Waals surface area contributed by atoms with Crippen molar-refractivity contribution >= 4 is 39.3 Å². The normalized spacial score (nSPS) is 33.8. The standard InChI is InChI=1S/C31H41BrN4O4/c1-2-23-10-6-7-17-35(23)18-19-36-27(29(38)34-21-8-4-3-5-9-21)31-16-15-24(40-31)25(26(31)30(36)39)28(37)33-22-13-11-20(32)12-14-22/h11-16,21,23-27H,2-10,17-19H2,1H3,(H,33,37)(H,34,38)/t23-,24+,25-,26+,27-,31+/m1/s1. The summed E-state index contributed by atoms with van der Waals surface area (Å²) >= 11 is 3.43. The van der Waals surface area contributed by atoms with Gasteiger partial charge < -0.3 is 20.3 Å². The Balaban J connectivity index is 1.26. The van der Waals surface area contributed by atoms with Gasteiger partial charge in [-0.25, -0.2) is 0 Å². The van der Waals surface area contributed by atoms with Gasteiger partial charge in [-0.3, -0.25) is 19.3 Å². The first-order chi connectivity index (χ1) is 19.4. The molecule has 6 rings (SSSR count). The fraction of sp³-hybridized carbons (Fsp3) is 0.645. The molecule has 4 heterocycles. The van der Waals surface area contributed by atoms with Crippen LogP contribution in [0.25, 0.3) is 0 Å². The van der Waals surface area contributed by atoms with Gasteiger partial charge in [0.2, 0.25) is 17.7 Å². The number of ether oxygens (including phenoxy) is 1. The van der Waals surface area contributed by atoms with Crippen molar-refractivity contribution in [2.75, 3.05) is 25.0 Å². The minimum Gasteiger partial charge on any atom is -0.359 e. The van der Waals surface area contributed by atoms with E-state index >= 15 is 0 Å². The Morgan fingerprint density at radius 3 is 2.52 bits per heavy atom. The number of carbonyl (C=O) groups is 3. The number of nitrogens with zero attached hydrogens (tertiary/aromatic N) is 2. The molecular formula is C31H41BrN4O4. The van der Waals surface area contributed by atoms with Crippen LogP contribution in [0.5, 0.6) is 0 Å². The van der Waals surface area contributed by atoms with Crippen molar-refractivity contribution < 1.29 is 19.1 Å². The molecule has 0 aromatic heterocycles. The summed E-state index contributed by atoms with van der Waals surface area (Å²) in [7, 11) is 0. The van der Waals surface area contributed by atoms with Crippen molar-refractivity contribution in [2.45, 2.75) is 94.5 Å². The van der Waals surface area contributed by atoms with Crippen LogP contribution in [-0.4, -0.2) is 77.0 Å². The summed E-state index contributed by atoms with van der Waals surface area (Å²) in [6.07, 6.45) is 13.3. The lowest BCUT2D eigenvalue weighted by Crippen LogP contribution is -2.57. The minimum absolute atomic E-state index is 0.124. The van der Waals surface area contributed by atoms with E-state index < -0.39 is 29.6 Å². The summed E-state index contributed by atoms with van der Waals surface area (Å²) in [6, 6.07) is 7.25. The summed E-state index contributed by atoms with van der Waals surface area (Å²) in [5, 5.41) is 6.28. The van der Waals surface area contributed by atoms with Crippen LogP contribution in [0.3, 0.4) is 0 Å². The van der Waals surface area contributed by atoms with E-state index in [0.717, 1.165) is 56.1 Å². The van der Waals surface area contributed by atoms with Gasteiger partial charge in [-0.1, -0.05) is 60.7 Å². The van der Waals surface area contributed by atoms with E-state index in [1.165, 1.54) is 19.3 Å². The lowest BCUT2D eigenvalue weighted by Gasteiger charge is -2.38. The number of likely N-dealkylation sites (tertiary alicyclic amines) is 2. The van der Waals surface area contributed by atoms with Gasteiger partial charge in [0, 0.05) is 35.3 Å². The number of halogens is 1. The fourth-order valence-corrected chi connectivity index (χ4v) is 8.11. The van der Waals surface area contributed by atoms with Crippen molar-refractivity contribution in [3.8, 4) is 0 Å². The highest BCUT2D eigenvalue weighted by molar-refractivity contribution is 9.10. The Bertz CT molecular complexity index is 1150. The molecule has 1 aromatic rings. The zero-order valence-corrected chi connectivity index (χ0v) is 24.9. The van der Waals surface area contributed by atoms with Gasteiger partial charge in [0.1, 0.15) is 11.6 Å². The number of nitrogens with one attached hydrogen (secondary N) is 2. The third-order valence-corrected chi connectivity index (χ3v) is 10.4. The number of rotatable bonds is 8. The Morgan fingerprint density at radius 1 is 1.02 bits per heavy atom. The van der Waals surface area contributed by atoms with E-state index in [1.54, 1.807) is 4.90 Å². The lowest BCUT2D eigenvalue weighted by molar-refractivity contribution is -0.141. The summed E-state index contributed by atoms with van der Waals surface area (Å²) in [5.41, 5.74) is -0.451. The quantitative estimate of drug-likeness (QED) is 0.428. The van der Waals surface area contributed by atoms with Crippen LogP contribution in [0, 0.1) is 11.8 Å². The molecule has 0 unspecified atom stereocenters. The highest BCUT2D eigenvalue weighted by Crippen LogP contribution is 2.55. The van der Waals surface area contributed by atoms with Crippen molar-refractivity contribution in [1.29, 1.82) is 0 Å². The third kappa shape index (κ3) is 5.02. The van der Waals surface area contributed by atoms with E-state index in [2.05, 4.69) is 38.4 Å². The summed E-state index contributed by atoms with van der Waals surface area (Å²) in [6.45, 7) is 4.42. The van der Waals surface area contributed by atoms with Crippen LogP contribution in [0.15, 0.2) is 40.9 Å². The van der Waals surface area contributed by atoms with Gasteiger partial charge in [-0.2, -0.15) is 0 Å². The molecule has 2 N–H and O–H groups in total. The van der Waals surface area contributed by atoms with Crippen LogP contribution in [0.4, 0.5) is 5.69 Å². The van der Waals surface area contributed by atoms with E-state index in [0.29, 0.717) is 18.3 Å². The van der Waals surface area contributed by atoms with Crippen molar-refractivity contribution in [3.05, 3.63) is 40.9 Å². The molecule has 2 bridgehead atoms. The van der Waals surface area contributed by atoms with Gasteiger partial charge in [-0.15, -0.1) is 0 Å². The third-order valence-electron chi connectivity index (χ3n) is 9.84. The SMILES string of the molecule is CC[C@@H]1CCCCN1CCN1C(=O)[C@@H]2[C@H](C(=O)Nc3ccc(Br)cc3)[C@@H]3C=C[C@@]2(O3)[C@H]1C(=O)NC1CCCCC1. The second-order valence-corrected chi connectivity index (χ2v) is 13.1. The van der Waals surface area contributed by atoms with E-state index in [1.807, 2.05) is 36.4 Å². The molecule has 1 aromatic carbocycles. The number of anilines is 1. The first-order valence-electron chi connectivity index (χ1n) is 15.2. The highest BCUT2D eigenvalue weighted by atomic mass is 79.9. The van der Waals surface area contributed by atoms with Gasteiger partial charge >= 0.3 is 0 Å². The molecule has 4 fully saturated rings. The number of amides is 3. The monoisotopic (exact) mass is 612 g/mol. The maximum atomic E-state index is 14.2. The van der Waals surface area contributed by atoms with E-state index in [-0.39, 0.29) is 23.8 Å². The largest absolute Gasteiger partial charge is 0.359 e. The number of hydrogen-bond donors (Lipinski definition) is 2. The Hall–Kier alpha value is -2.23. The molecule has 8 nitrogen and oxygen atoms in total. The molecule has 216 valence electrons. The number of fused-ring (bicyclic) bond motifs is 1. The molecule has 0 radical (unpaired) electrons. The molecule has 6 atom stereocenters. The van der Waals surface area contributed by atoms with Gasteiger partial charge in [-0.05, 0) is 62.9 Å². The fourth-order valence-electron chi connectivity index (χ4n) is 7.85. The predicted octanol–water partition coefficient (Wildman–Crippen LogP) is 4.25. The van der Waals surface area contributed by atoms with Crippen molar-refractivity contribution in [2.24, 2.45) is 11.8 Å². The number of carbonyl (C=O) groups excluding carboxylic acids is 3. The molecule has 5 aliphatic rings. The molecule has 3 amide bonds. The summed E-state index contributed by atoms with van der Waals surface area (Å²) in [4.78, 5) is 46.1. The summed E-state index contributed by atoms with van der Waals surface area (Å²) in [5.74, 6) is -1.94. The maximum Gasteiger partial charge on any atom is 0.246 e. The van der Waals surface area contributed by atoms with Crippen LogP contribution in [0.2, 0.25) is 0 Å². The van der Waals surface area contributed by atoms with Crippen LogP contribution >= 0.6 is 15.9 Å². The topological polar surface area (TPSA) is 91.0 Å². The van der Waals surface area contributed by atoms with Crippen molar-refractivity contribution in [3.63, 3.8) is 0 Å². The molecular weight excluding hydrogens is 572 g/mol. The average molecular weight is 614 g/mol. The van der Waals surface area contributed by atoms with Crippen molar-refractivity contribution in [1.82, 2.24) is 15.1 Å². The number of hydrogen-bond acceptors (Lipinski definition) is 5. The van der Waals surface area contributed by atoms with Gasteiger partial charge in [0.05, 0.1) is 17.9 Å². The predicted molar refractivity (Wildman–Crippen MR) is 157 cm³/mol. The molecule has 40 heavy (non-hydrogen) atoms. The molecule has 4 aliphatic heterocycles. The zero-order chi connectivity index (χ0) is 27.9. The highest BCUT2D eigenvalue weighted by Gasteiger charge is 2.72.